The van der Waals surface area contributed by atoms with Gasteiger partial charge in [-0.25, -0.2) is 4.79 Å². The molecule has 0 spiro atoms. The van der Waals surface area contributed by atoms with Crippen LogP contribution in [0.4, 0.5) is 0 Å². The van der Waals surface area contributed by atoms with Crippen LogP contribution in [0.15, 0.2) is 29.8 Å². The van der Waals surface area contributed by atoms with Crippen LogP contribution in [0.25, 0.3) is 0 Å². The van der Waals surface area contributed by atoms with Crippen molar-refractivity contribution in [1.82, 2.24) is 0 Å². The van der Waals surface area contributed by atoms with Gasteiger partial charge in [0.2, 0.25) is 0 Å². The van der Waals surface area contributed by atoms with E-state index in [0.29, 0.717) is 11.8 Å². The standard InChI is InChI=1S/C25H36O2/c1-16(14-22(26)27)8-10-19-17(2)25(19,7)18-9-11-20-21(15-18)24(5,6)13-12-23(20,3)4/h9,11,14-15,17,19H,8,10,12-13H2,1-7H3,(H,26,27)/b16-14+/t17-,19+,25+/m0/s1. The van der Waals surface area contributed by atoms with Crippen LogP contribution in [0.2, 0.25) is 0 Å². The van der Waals surface area contributed by atoms with Crippen molar-refractivity contribution in [2.75, 3.05) is 0 Å². The Morgan fingerprint density at radius 3 is 2.30 bits per heavy atom. The summed E-state index contributed by atoms with van der Waals surface area (Å²) in [5.74, 6) is 0.443. The molecule has 0 amide bonds. The first kappa shape index (κ1) is 20.2. The molecule has 0 unspecified atom stereocenters. The Morgan fingerprint density at radius 1 is 1.11 bits per heavy atom. The molecule has 0 aromatic heterocycles. The zero-order valence-electron chi connectivity index (χ0n) is 18.1. The van der Waals surface area contributed by atoms with Crippen molar-refractivity contribution in [2.24, 2.45) is 11.8 Å². The maximum Gasteiger partial charge on any atom is 0.328 e. The first-order valence-electron chi connectivity index (χ1n) is 10.5. The number of carbonyl (C=O) groups is 1. The Kier molecular flexibility index (Phi) is 4.85. The molecular formula is C25H36O2. The van der Waals surface area contributed by atoms with Crippen LogP contribution in [0.1, 0.15) is 90.8 Å². The molecule has 2 heteroatoms. The monoisotopic (exact) mass is 368 g/mol. The highest BCUT2D eigenvalue weighted by Crippen LogP contribution is 2.62. The summed E-state index contributed by atoms with van der Waals surface area (Å²) in [6, 6.07) is 7.28. The van der Waals surface area contributed by atoms with E-state index in [4.69, 9.17) is 5.11 Å². The highest BCUT2D eigenvalue weighted by Gasteiger charge is 2.58. The van der Waals surface area contributed by atoms with Crippen molar-refractivity contribution < 1.29 is 9.90 Å². The van der Waals surface area contributed by atoms with Crippen LogP contribution < -0.4 is 0 Å². The average molecular weight is 369 g/mol. The second-order valence-electron chi connectivity index (χ2n) is 10.6. The Labute approximate surface area is 165 Å². The molecule has 27 heavy (non-hydrogen) atoms. The zero-order chi connectivity index (χ0) is 20.2. The van der Waals surface area contributed by atoms with Crippen LogP contribution >= 0.6 is 0 Å². The van der Waals surface area contributed by atoms with Crippen LogP contribution in [0, 0.1) is 11.8 Å². The average Bonchev–Trinajstić information content (AvgIpc) is 3.11. The van der Waals surface area contributed by atoms with Crippen molar-refractivity contribution in [3.8, 4) is 0 Å². The summed E-state index contributed by atoms with van der Waals surface area (Å²) < 4.78 is 0. The number of allylic oxidation sites excluding steroid dienone is 1. The Morgan fingerprint density at radius 2 is 1.70 bits per heavy atom. The molecule has 0 bridgehead atoms. The minimum Gasteiger partial charge on any atom is -0.478 e. The first-order valence-corrected chi connectivity index (χ1v) is 10.5. The largest absolute Gasteiger partial charge is 0.478 e. The lowest BCUT2D eigenvalue weighted by atomic mass is 9.62. The summed E-state index contributed by atoms with van der Waals surface area (Å²) in [5.41, 5.74) is 6.23. The van der Waals surface area contributed by atoms with Crippen molar-refractivity contribution in [3.63, 3.8) is 0 Å². The Hall–Kier alpha value is -1.57. The molecule has 1 aromatic rings. The van der Waals surface area contributed by atoms with Gasteiger partial charge in [-0.1, -0.05) is 65.3 Å². The molecule has 3 atom stereocenters. The summed E-state index contributed by atoms with van der Waals surface area (Å²) in [6.07, 6.45) is 5.79. The van der Waals surface area contributed by atoms with Gasteiger partial charge in [-0.05, 0) is 77.4 Å². The molecule has 0 saturated heterocycles. The van der Waals surface area contributed by atoms with Crippen LogP contribution in [-0.4, -0.2) is 11.1 Å². The van der Waals surface area contributed by atoms with E-state index in [1.807, 2.05) is 6.92 Å². The smallest absolute Gasteiger partial charge is 0.328 e. The number of rotatable bonds is 5. The van der Waals surface area contributed by atoms with E-state index in [9.17, 15) is 4.79 Å². The number of benzene rings is 1. The summed E-state index contributed by atoms with van der Waals surface area (Å²) in [6.45, 7) is 16.2. The molecule has 0 radical (unpaired) electrons. The fourth-order valence-electron chi connectivity index (χ4n) is 5.45. The lowest BCUT2D eigenvalue weighted by Crippen LogP contribution is -2.34. The Bertz CT molecular complexity index is 784. The lowest BCUT2D eigenvalue weighted by Gasteiger charge is -2.42. The fraction of sp³-hybridized carbons (Fsp3) is 0.640. The summed E-state index contributed by atoms with van der Waals surface area (Å²) >= 11 is 0. The minimum absolute atomic E-state index is 0.218. The van der Waals surface area contributed by atoms with E-state index >= 15 is 0 Å². The quantitative estimate of drug-likeness (QED) is 0.613. The highest BCUT2D eigenvalue weighted by atomic mass is 16.4. The number of carboxylic acid groups (broad SMARTS) is 1. The van der Waals surface area contributed by atoms with Crippen LogP contribution in [0.3, 0.4) is 0 Å². The molecule has 0 heterocycles. The van der Waals surface area contributed by atoms with E-state index in [0.717, 1.165) is 18.4 Å². The lowest BCUT2D eigenvalue weighted by molar-refractivity contribution is -0.131. The molecule has 3 rings (SSSR count). The van der Waals surface area contributed by atoms with Crippen molar-refractivity contribution >= 4 is 5.97 Å². The van der Waals surface area contributed by atoms with Gasteiger partial charge >= 0.3 is 5.97 Å². The molecule has 2 aliphatic carbocycles. The number of fused-ring (bicyclic) bond motifs is 1. The SMILES string of the molecule is C/C(=C\C(=O)O)CC[C@@H]1[C@H](C)[C@]1(C)c1ccc2c(c1)C(C)(C)CCC2(C)C. The van der Waals surface area contributed by atoms with Crippen LogP contribution in [0.5, 0.6) is 0 Å². The molecule has 0 aliphatic heterocycles. The molecule has 1 saturated carbocycles. The van der Waals surface area contributed by atoms with Crippen molar-refractivity contribution in [3.05, 3.63) is 46.5 Å². The molecule has 1 fully saturated rings. The summed E-state index contributed by atoms with van der Waals surface area (Å²) in [7, 11) is 0. The normalized spacial score (nSPS) is 31.3. The van der Waals surface area contributed by atoms with E-state index in [1.165, 1.54) is 35.6 Å². The van der Waals surface area contributed by atoms with Gasteiger partial charge in [0.1, 0.15) is 0 Å². The molecule has 1 N–H and O–H groups in total. The summed E-state index contributed by atoms with van der Waals surface area (Å²) in [4.78, 5) is 10.9. The van der Waals surface area contributed by atoms with E-state index in [1.54, 1.807) is 0 Å². The maximum atomic E-state index is 10.9. The van der Waals surface area contributed by atoms with Gasteiger partial charge in [0.25, 0.3) is 0 Å². The molecule has 1 aromatic carbocycles. The predicted molar refractivity (Wildman–Crippen MR) is 112 cm³/mol. The van der Waals surface area contributed by atoms with Gasteiger partial charge in [0.15, 0.2) is 0 Å². The van der Waals surface area contributed by atoms with Gasteiger partial charge in [0, 0.05) is 6.08 Å². The molecule has 148 valence electrons. The van der Waals surface area contributed by atoms with Gasteiger partial charge < -0.3 is 5.11 Å². The molecular weight excluding hydrogens is 332 g/mol. The molecule has 2 aliphatic rings. The summed E-state index contributed by atoms with van der Waals surface area (Å²) in [5, 5.41) is 8.92. The second kappa shape index (κ2) is 6.50. The number of hydrogen-bond donors (Lipinski definition) is 1. The number of aliphatic carboxylic acids is 1. The van der Waals surface area contributed by atoms with E-state index in [-0.39, 0.29) is 16.2 Å². The van der Waals surface area contributed by atoms with Crippen LogP contribution in [-0.2, 0) is 21.0 Å². The van der Waals surface area contributed by atoms with Gasteiger partial charge in [-0.15, -0.1) is 0 Å². The first-order chi connectivity index (χ1) is 12.4. The van der Waals surface area contributed by atoms with Crippen molar-refractivity contribution in [1.29, 1.82) is 0 Å². The Balaban J connectivity index is 1.86. The van der Waals surface area contributed by atoms with E-state index < -0.39 is 5.97 Å². The fourth-order valence-corrected chi connectivity index (χ4v) is 5.45. The van der Waals surface area contributed by atoms with Gasteiger partial charge in [-0.3, -0.25) is 0 Å². The van der Waals surface area contributed by atoms with Crippen molar-refractivity contribution in [2.45, 2.75) is 90.4 Å². The predicted octanol–water partition coefficient (Wildman–Crippen LogP) is 6.37. The number of carboxylic acids is 1. The number of hydrogen-bond acceptors (Lipinski definition) is 1. The van der Waals surface area contributed by atoms with Gasteiger partial charge in [0.05, 0.1) is 0 Å². The third kappa shape index (κ3) is 3.48. The van der Waals surface area contributed by atoms with Gasteiger partial charge in [-0.2, -0.15) is 0 Å². The zero-order valence-corrected chi connectivity index (χ0v) is 18.1. The second-order valence-corrected chi connectivity index (χ2v) is 10.6. The minimum atomic E-state index is -0.835. The van der Waals surface area contributed by atoms with E-state index in [2.05, 4.69) is 59.7 Å². The molecule has 2 nitrogen and oxygen atoms in total. The highest BCUT2D eigenvalue weighted by molar-refractivity contribution is 5.80. The third-order valence-corrected chi connectivity index (χ3v) is 7.90. The third-order valence-electron chi connectivity index (χ3n) is 7.90. The topological polar surface area (TPSA) is 37.3 Å². The maximum absolute atomic E-state index is 10.9.